The first-order valence-corrected chi connectivity index (χ1v) is 8.83. The van der Waals surface area contributed by atoms with Crippen molar-refractivity contribution < 1.29 is 32.6 Å². The summed E-state index contributed by atoms with van der Waals surface area (Å²) < 4.78 is 41.3. The van der Waals surface area contributed by atoms with Gasteiger partial charge in [0.2, 0.25) is 5.78 Å². The number of aryl methyl sites for hydroxylation is 1. The van der Waals surface area contributed by atoms with Crippen LogP contribution in [0, 0.1) is 13.8 Å². The van der Waals surface area contributed by atoms with Crippen molar-refractivity contribution in [1.29, 1.82) is 0 Å². The standard InChI is InChI=1S/C20H21F2NO5/c1-11-8-15(12(2)23(11)14-5-6-14)16(24)10-27-19(25)13-4-7-17(28-20(21)22)18(9-13)26-3/h4,7-9,14,20H,5-6,10H2,1-3H3. The molecule has 1 aromatic heterocycles. The molecule has 0 N–H and O–H groups in total. The van der Waals surface area contributed by atoms with E-state index < -0.39 is 19.2 Å². The molecule has 0 unspecified atom stereocenters. The zero-order chi connectivity index (χ0) is 20.4. The maximum atomic E-state index is 12.5. The second-order valence-electron chi connectivity index (χ2n) is 6.63. The Kier molecular flexibility index (Phi) is 5.67. The van der Waals surface area contributed by atoms with Gasteiger partial charge in [-0.15, -0.1) is 0 Å². The first-order valence-electron chi connectivity index (χ1n) is 8.83. The number of hydrogen-bond donors (Lipinski definition) is 0. The number of carbonyl (C=O) groups excluding carboxylic acids is 2. The zero-order valence-corrected chi connectivity index (χ0v) is 15.8. The number of esters is 1. The third-order valence-corrected chi connectivity index (χ3v) is 4.65. The van der Waals surface area contributed by atoms with Crippen molar-refractivity contribution in [3.63, 3.8) is 0 Å². The molecule has 0 bridgehead atoms. The molecule has 1 aromatic carbocycles. The van der Waals surface area contributed by atoms with Gasteiger partial charge in [0.25, 0.3) is 0 Å². The van der Waals surface area contributed by atoms with Crippen LogP contribution in [0.4, 0.5) is 8.78 Å². The van der Waals surface area contributed by atoms with Gasteiger partial charge in [-0.05, 0) is 51.0 Å². The third-order valence-electron chi connectivity index (χ3n) is 4.65. The van der Waals surface area contributed by atoms with Crippen molar-refractivity contribution in [3.05, 3.63) is 46.8 Å². The van der Waals surface area contributed by atoms with E-state index in [1.54, 1.807) is 0 Å². The van der Waals surface area contributed by atoms with Gasteiger partial charge in [-0.1, -0.05) is 0 Å². The Morgan fingerprint density at radius 1 is 1.18 bits per heavy atom. The maximum absolute atomic E-state index is 12.5. The number of rotatable bonds is 8. The van der Waals surface area contributed by atoms with Crippen LogP contribution >= 0.6 is 0 Å². The van der Waals surface area contributed by atoms with Crippen LogP contribution in [0.25, 0.3) is 0 Å². The van der Waals surface area contributed by atoms with E-state index in [4.69, 9.17) is 9.47 Å². The molecule has 8 heteroatoms. The van der Waals surface area contributed by atoms with Crippen molar-refractivity contribution in [2.75, 3.05) is 13.7 Å². The highest BCUT2D eigenvalue weighted by Gasteiger charge is 2.28. The van der Waals surface area contributed by atoms with E-state index in [0.717, 1.165) is 24.2 Å². The number of alkyl halides is 2. The van der Waals surface area contributed by atoms with E-state index >= 15 is 0 Å². The van der Waals surface area contributed by atoms with Crippen molar-refractivity contribution >= 4 is 11.8 Å². The molecule has 0 radical (unpaired) electrons. The van der Waals surface area contributed by atoms with Crippen LogP contribution in [-0.4, -0.2) is 36.6 Å². The predicted molar refractivity (Wildman–Crippen MR) is 96.4 cm³/mol. The molecule has 1 heterocycles. The van der Waals surface area contributed by atoms with Crippen LogP contribution in [0.15, 0.2) is 24.3 Å². The Bertz CT molecular complexity index is 902. The monoisotopic (exact) mass is 393 g/mol. The Balaban J connectivity index is 1.67. The fourth-order valence-corrected chi connectivity index (χ4v) is 3.23. The van der Waals surface area contributed by atoms with Crippen molar-refractivity contribution in [2.45, 2.75) is 39.3 Å². The number of Topliss-reactive ketones (excluding diaryl/α,β-unsaturated/α-hetero) is 1. The lowest BCUT2D eigenvalue weighted by Crippen LogP contribution is -2.15. The Morgan fingerprint density at radius 3 is 2.50 bits per heavy atom. The van der Waals surface area contributed by atoms with E-state index in [9.17, 15) is 18.4 Å². The van der Waals surface area contributed by atoms with Crippen LogP contribution in [0.1, 0.15) is 51.0 Å². The fourth-order valence-electron chi connectivity index (χ4n) is 3.23. The first kappa shape index (κ1) is 19.9. The normalized spacial score (nSPS) is 13.5. The minimum Gasteiger partial charge on any atom is -0.493 e. The number of carbonyl (C=O) groups is 2. The molecule has 1 saturated carbocycles. The summed E-state index contributed by atoms with van der Waals surface area (Å²) in [4.78, 5) is 24.7. The zero-order valence-electron chi connectivity index (χ0n) is 15.8. The fraction of sp³-hybridized carbons (Fsp3) is 0.400. The van der Waals surface area contributed by atoms with Gasteiger partial charge in [-0.25, -0.2) is 4.79 Å². The Hall–Kier alpha value is -2.90. The van der Waals surface area contributed by atoms with E-state index in [1.165, 1.54) is 25.3 Å². The molecule has 0 spiro atoms. The van der Waals surface area contributed by atoms with E-state index in [-0.39, 0.29) is 22.8 Å². The average Bonchev–Trinajstić information content (AvgIpc) is 3.44. The number of ketones is 1. The molecule has 0 aliphatic heterocycles. The van der Waals surface area contributed by atoms with Gasteiger partial charge in [0.15, 0.2) is 18.1 Å². The molecule has 3 rings (SSSR count). The minimum absolute atomic E-state index is 0.0333. The van der Waals surface area contributed by atoms with Crippen molar-refractivity contribution in [3.8, 4) is 11.5 Å². The molecule has 6 nitrogen and oxygen atoms in total. The summed E-state index contributed by atoms with van der Waals surface area (Å²) >= 11 is 0. The van der Waals surface area contributed by atoms with Gasteiger partial charge in [0, 0.05) is 23.0 Å². The summed E-state index contributed by atoms with van der Waals surface area (Å²) in [5, 5.41) is 0. The number of nitrogens with zero attached hydrogens (tertiary/aromatic N) is 1. The van der Waals surface area contributed by atoms with E-state index in [1.807, 2.05) is 19.9 Å². The molecular weight excluding hydrogens is 372 g/mol. The summed E-state index contributed by atoms with van der Waals surface area (Å²) in [5.41, 5.74) is 2.48. The van der Waals surface area contributed by atoms with Gasteiger partial charge < -0.3 is 18.8 Å². The molecule has 0 saturated heterocycles. The number of hydrogen-bond acceptors (Lipinski definition) is 5. The SMILES string of the molecule is COc1cc(C(=O)OCC(=O)c2cc(C)n(C3CC3)c2C)ccc1OC(F)F. The van der Waals surface area contributed by atoms with E-state index in [2.05, 4.69) is 9.30 Å². The number of halogens is 2. The summed E-state index contributed by atoms with van der Waals surface area (Å²) in [5.74, 6) is -1.28. The molecule has 2 aromatic rings. The van der Waals surface area contributed by atoms with Crippen LogP contribution in [0.5, 0.6) is 11.5 Å². The molecule has 1 aliphatic carbocycles. The second-order valence-corrected chi connectivity index (χ2v) is 6.63. The number of aromatic nitrogens is 1. The lowest BCUT2D eigenvalue weighted by molar-refractivity contribution is -0.0512. The maximum Gasteiger partial charge on any atom is 0.387 e. The smallest absolute Gasteiger partial charge is 0.387 e. The molecule has 0 atom stereocenters. The van der Waals surface area contributed by atoms with Crippen molar-refractivity contribution in [1.82, 2.24) is 4.57 Å². The van der Waals surface area contributed by atoms with Gasteiger partial charge >= 0.3 is 12.6 Å². The summed E-state index contributed by atoms with van der Waals surface area (Å²) in [7, 11) is 1.27. The molecular formula is C20H21F2NO5. The van der Waals surface area contributed by atoms with Crippen LogP contribution in [-0.2, 0) is 4.74 Å². The largest absolute Gasteiger partial charge is 0.493 e. The third kappa shape index (κ3) is 4.16. The molecule has 1 fully saturated rings. The number of benzene rings is 1. The van der Waals surface area contributed by atoms with Gasteiger partial charge in [0.05, 0.1) is 12.7 Å². The summed E-state index contributed by atoms with van der Waals surface area (Å²) in [6.07, 6.45) is 2.21. The molecule has 28 heavy (non-hydrogen) atoms. The highest BCUT2D eigenvalue weighted by Crippen LogP contribution is 2.38. The summed E-state index contributed by atoms with van der Waals surface area (Å²) in [6.45, 7) is 0.404. The summed E-state index contributed by atoms with van der Waals surface area (Å²) in [6, 6.07) is 5.94. The molecule has 0 amide bonds. The van der Waals surface area contributed by atoms with E-state index in [0.29, 0.717) is 11.6 Å². The molecule has 1 aliphatic rings. The number of methoxy groups -OCH3 is 1. The van der Waals surface area contributed by atoms with Crippen molar-refractivity contribution in [2.24, 2.45) is 0 Å². The topological polar surface area (TPSA) is 66.8 Å². The Morgan fingerprint density at radius 2 is 1.89 bits per heavy atom. The lowest BCUT2D eigenvalue weighted by atomic mass is 10.1. The number of ether oxygens (including phenoxy) is 3. The molecule has 150 valence electrons. The van der Waals surface area contributed by atoms with Crippen LogP contribution in [0.2, 0.25) is 0 Å². The van der Waals surface area contributed by atoms with Gasteiger partial charge in [-0.2, -0.15) is 8.78 Å². The van der Waals surface area contributed by atoms with Crippen LogP contribution < -0.4 is 9.47 Å². The predicted octanol–water partition coefficient (Wildman–Crippen LogP) is 4.09. The first-order chi connectivity index (χ1) is 13.3. The van der Waals surface area contributed by atoms with Gasteiger partial charge in [-0.3, -0.25) is 4.79 Å². The van der Waals surface area contributed by atoms with Gasteiger partial charge in [0.1, 0.15) is 0 Å². The highest BCUT2D eigenvalue weighted by atomic mass is 19.3. The average molecular weight is 393 g/mol. The highest BCUT2D eigenvalue weighted by molar-refractivity contribution is 6.00. The Labute approximate surface area is 161 Å². The minimum atomic E-state index is -3.01. The second kappa shape index (κ2) is 8.00. The van der Waals surface area contributed by atoms with Crippen LogP contribution in [0.3, 0.4) is 0 Å². The lowest BCUT2D eigenvalue weighted by Gasteiger charge is -2.11. The quantitative estimate of drug-likeness (QED) is 0.499.